The summed E-state index contributed by atoms with van der Waals surface area (Å²) in [7, 11) is 0. The number of ether oxygens (including phenoxy) is 1. The average Bonchev–Trinajstić information content (AvgIpc) is 2.18. The minimum atomic E-state index is 0.341. The molecule has 0 aliphatic rings. The Morgan fingerprint density at radius 2 is 2.31 bits per heavy atom. The van der Waals surface area contributed by atoms with Crippen molar-refractivity contribution in [3.8, 4) is 5.75 Å². The number of hydrogen-bond acceptors (Lipinski definition) is 3. The van der Waals surface area contributed by atoms with Crippen molar-refractivity contribution in [3.63, 3.8) is 0 Å². The van der Waals surface area contributed by atoms with Crippen LogP contribution < -0.4 is 10.5 Å². The van der Waals surface area contributed by atoms with E-state index in [4.69, 9.17) is 10.5 Å². The predicted octanol–water partition coefficient (Wildman–Crippen LogP) is 1.54. The summed E-state index contributed by atoms with van der Waals surface area (Å²) in [5, 5.41) is 0. The van der Waals surface area contributed by atoms with Gasteiger partial charge in [-0.15, -0.1) is 0 Å². The van der Waals surface area contributed by atoms with E-state index in [9.17, 15) is 0 Å². The zero-order chi connectivity index (χ0) is 9.68. The van der Waals surface area contributed by atoms with Crippen LogP contribution >= 0.6 is 0 Å². The Kier molecular flexibility index (Phi) is 3.71. The molecule has 1 aromatic rings. The number of nitrogens with zero attached hydrogens (tertiary/aromatic N) is 1. The van der Waals surface area contributed by atoms with Crippen LogP contribution in [-0.2, 0) is 0 Å². The Morgan fingerprint density at radius 3 is 2.92 bits per heavy atom. The molecule has 0 bridgehead atoms. The van der Waals surface area contributed by atoms with Gasteiger partial charge in [0, 0.05) is 6.20 Å². The van der Waals surface area contributed by atoms with Crippen molar-refractivity contribution in [3.05, 3.63) is 24.0 Å². The highest BCUT2D eigenvalue weighted by Gasteiger charge is 2.04. The molecule has 72 valence electrons. The lowest BCUT2D eigenvalue weighted by atomic mass is 10.0. The number of rotatable bonds is 4. The van der Waals surface area contributed by atoms with Gasteiger partial charge in [0.25, 0.3) is 0 Å². The summed E-state index contributed by atoms with van der Waals surface area (Å²) < 4.78 is 5.34. The second-order valence-electron chi connectivity index (χ2n) is 3.02. The van der Waals surface area contributed by atoms with Gasteiger partial charge in [0.2, 0.25) is 0 Å². The average molecular weight is 180 g/mol. The quantitative estimate of drug-likeness (QED) is 0.764. The van der Waals surface area contributed by atoms with E-state index >= 15 is 0 Å². The van der Waals surface area contributed by atoms with Gasteiger partial charge < -0.3 is 10.5 Å². The van der Waals surface area contributed by atoms with Gasteiger partial charge >= 0.3 is 0 Å². The summed E-state index contributed by atoms with van der Waals surface area (Å²) in [6, 6.07) is 1.99. The highest BCUT2D eigenvalue weighted by Crippen LogP contribution is 2.17. The predicted molar refractivity (Wildman–Crippen MR) is 52.9 cm³/mol. The molecule has 1 unspecified atom stereocenters. The van der Waals surface area contributed by atoms with Gasteiger partial charge in [0.15, 0.2) is 0 Å². The molecule has 0 aliphatic heterocycles. The molecule has 1 aromatic heterocycles. The molecular formula is C10H16N2O. The zero-order valence-electron chi connectivity index (χ0n) is 8.16. The van der Waals surface area contributed by atoms with E-state index in [1.165, 1.54) is 0 Å². The van der Waals surface area contributed by atoms with E-state index in [1.54, 1.807) is 6.20 Å². The number of nitrogens with two attached hydrogens (primary N) is 1. The third-order valence-corrected chi connectivity index (χ3v) is 1.97. The van der Waals surface area contributed by atoms with E-state index in [0.29, 0.717) is 19.1 Å². The summed E-state index contributed by atoms with van der Waals surface area (Å²) in [6.07, 6.45) is 3.55. The summed E-state index contributed by atoms with van der Waals surface area (Å²) in [4.78, 5) is 4.09. The molecule has 1 rings (SSSR count). The number of aromatic nitrogens is 1. The highest BCUT2D eigenvalue weighted by atomic mass is 16.5. The van der Waals surface area contributed by atoms with Crippen molar-refractivity contribution in [2.24, 2.45) is 5.73 Å². The molecule has 1 atom stereocenters. The van der Waals surface area contributed by atoms with Crippen LogP contribution in [-0.4, -0.2) is 18.1 Å². The largest absolute Gasteiger partial charge is 0.492 e. The van der Waals surface area contributed by atoms with Crippen LogP contribution in [0.1, 0.15) is 25.3 Å². The Bertz CT molecular complexity index is 263. The fourth-order valence-electron chi connectivity index (χ4n) is 1.09. The summed E-state index contributed by atoms with van der Waals surface area (Å²) >= 11 is 0. The summed E-state index contributed by atoms with van der Waals surface area (Å²) in [5.74, 6) is 1.16. The maximum absolute atomic E-state index is 5.56. The standard InChI is InChI=1S/C10H16N2O/c1-3-13-10-4-9(6-12-7-10)8(2)5-11/h4,6-8H,3,5,11H2,1-2H3. The zero-order valence-corrected chi connectivity index (χ0v) is 8.16. The molecule has 0 amide bonds. The molecule has 0 aromatic carbocycles. The third kappa shape index (κ3) is 2.70. The van der Waals surface area contributed by atoms with Gasteiger partial charge in [0.1, 0.15) is 5.75 Å². The molecule has 0 aliphatic carbocycles. The van der Waals surface area contributed by atoms with E-state index in [0.717, 1.165) is 11.3 Å². The van der Waals surface area contributed by atoms with E-state index in [1.807, 2.05) is 19.2 Å². The fourth-order valence-corrected chi connectivity index (χ4v) is 1.09. The van der Waals surface area contributed by atoms with Gasteiger partial charge in [-0.25, -0.2) is 0 Å². The SMILES string of the molecule is CCOc1cncc(C(C)CN)c1. The molecule has 0 saturated carbocycles. The van der Waals surface area contributed by atoms with Crippen LogP contribution in [0, 0.1) is 0 Å². The Morgan fingerprint density at radius 1 is 1.54 bits per heavy atom. The first-order valence-electron chi connectivity index (χ1n) is 4.55. The minimum Gasteiger partial charge on any atom is -0.492 e. The fraction of sp³-hybridized carbons (Fsp3) is 0.500. The lowest BCUT2D eigenvalue weighted by molar-refractivity contribution is 0.338. The second kappa shape index (κ2) is 4.82. The van der Waals surface area contributed by atoms with Gasteiger partial charge in [-0.1, -0.05) is 6.92 Å². The van der Waals surface area contributed by atoms with Crippen molar-refractivity contribution < 1.29 is 4.74 Å². The van der Waals surface area contributed by atoms with Crippen LogP contribution in [0.15, 0.2) is 18.5 Å². The van der Waals surface area contributed by atoms with Crippen LogP contribution in [0.4, 0.5) is 0 Å². The van der Waals surface area contributed by atoms with E-state index in [2.05, 4.69) is 11.9 Å². The number of hydrogen-bond donors (Lipinski definition) is 1. The van der Waals surface area contributed by atoms with Crippen molar-refractivity contribution in [2.75, 3.05) is 13.2 Å². The molecule has 3 heteroatoms. The maximum Gasteiger partial charge on any atom is 0.137 e. The monoisotopic (exact) mass is 180 g/mol. The molecule has 13 heavy (non-hydrogen) atoms. The van der Waals surface area contributed by atoms with Crippen molar-refractivity contribution in [1.82, 2.24) is 4.98 Å². The maximum atomic E-state index is 5.56. The molecule has 1 heterocycles. The lowest BCUT2D eigenvalue weighted by Crippen LogP contribution is -2.09. The van der Waals surface area contributed by atoms with Gasteiger partial charge in [0.05, 0.1) is 12.8 Å². The topological polar surface area (TPSA) is 48.1 Å². The van der Waals surface area contributed by atoms with Crippen LogP contribution in [0.2, 0.25) is 0 Å². The van der Waals surface area contributed by atoms with Crippen LogP contribution in [0.25, 0.3) is 0 Å². The van der Waals surface area contributed by atoms with Crippen LogP contribution in [0.5, 0.6) is 5.75 Å². The third-order valence-electron chi connectivity index (χ3n) is 1.97. The highest BCUT2D eigenvalue weighted by molar-refractivity contribution is 5.26. The second-order valence-corrected chi connectivity index (χ2v) is 3.02. The Labute approximate surface area is 78.9 Å². The Balaban J connectivity index is 2.78. The minimum absolute atomic E-state index is 0.341. The van der Waals surface area contributed by atoms with Gasteiger partial charge in [-0.05, 0) is 31.0 Å². The normalized spacial score (nSPS) is 12.5. The molecule has 0 fully saturated rings. The molecule has 0 spiro atoms. The number of pyridine rings is 1. The van der Waals surface area contributed by atoms with Crippen molar-refractivity contribution in [2.45, 2.75) is 19.8 Å². The van der Waals surface area contributed by atoms with Gasteiger partial charge in [-0.3, -0.25) is 4.98 Å². The Hall–Kier alpha value is -1.09. The first-order valence-corrected chi connectivity index (χ1v) is 4.55. The smallest absolute Gasteiger partial charge is 0.137 e. The van der Waals surface area contributed by atoms with Gasteiger partial charge in [-0.2, -0.15) is 0 Å². The molecule has 0 radical (unpaired) electrons. The van der Waals surface area contributed by atoms with Crippen molar-refractivity contribution >= 4 is 0 Å². The molecule has 3 nitrogen and oxygen atoms in total. The molecule has 2 N–H and O–H groups in total. The summed E-state index contributed by atoms with van der Waals surface area (Å²) in [5.41, 5.74) is 6.69. The van der Waals surface area contributed by atoms with E-state index in [-0.39, 0.29) is 0 Å². The molecule has 0 saturated heterocycles. The van der Waals surface area contributed by atoms with E-state index < -0.39 is 0 Å². The molecular weight excluding hydrogens is 164 g/mol. The van der Waals surface area contributed by atoms with Crippen molar-refractivity contribution in [1.29, 1.82) is 0 Å². The first kappa shape index (κ1) is 9.99. The lowest BCUT2D eigenvalue weighted by Gasteiger charge is -2.09. The summed E-state index contributed by atoms with van der Waals surface area (Å²) in [6.45, 7) is 5.34. The first-order chi connectivity index (χ1) is 6.27. The van der Waals surface area contributed by atoms with Crippen LogP contribution in [0.3, 0.4) is 0 Å².